The second kappa shape index (κ2) is 5.84. The van der Waals surface area contributed by atoms with Gasteiger partial charge < -0.3 is 4.42 Å². The Labute approximate surface area is 130 Å². The van der Waals surface area contributed by atoms with Crippen LogP contribution in [0.4, 0.5) is 5.69 Å². The van der Waals surface area contributed by atoms with E-state index in [0.29, 0.717) is 10.9 Å². The number of aryl methyl sites for hydroxylation is 1. The van der Waals surface area contributed by atoms with Crippen molar-refractivity contribution in [2.45, 2.75) is 6.92 Å². The summed E-state index contributed by atoms with van der Waals surface area (Å²) in [5, 5.41) is 11.0. The summed E-state index contributed by atoms with van der Waals surface area (Å²) in [6.45, 7) is 1.89. The molecular formula is C17H12N2O4. The van der Waals surface area contributed by atoms with E-state index in [-0.39, 0.29) is 11.6 Å². The first-order chi connectivity index (χ1) is 11.0. The number of hydrogen-bond donors (Lipinski definition) is 0. The number of fused-ring (bicyclic) bond motifs is 1. The molecule has 0 N–H and O–H groups in total. The largest absolute Gasteiger partial charge is 0.404 e. The van der Waals surface area contributed by atoms with E-state index in [1.54, 1.807) is 36.4 Å². The summed E-state index contributed by atoms with van der Waals surface area (Å²) in [6.07, 6.45) is 3.23. The zero-order chi connectivity index (χ0) is 16.4. The molecule has 0 spiro atoms. The topological polar surface area (TPSA) is 86.2 Å². The van der Waals surface area contributed by atoms with Crippen LogP contribution >= 0.6 is 0 Å². The van der Waals surface area contributed by atoms with Crippen LogP contribution in [0.15, 0.2) is 51.7 Å². The molecule has 0 saturated heterocycles. The number of benzene rings is 2. The van der Waals surface area contributed by atoms with E-state index in [1.807, 2.05) is 13.0 Å². The minimum atomic E-state index is -0.459. The van der Waals surface area contributed by atoms with Crippen molar-refractivity contribution in [1.29, 1.82) is 0 Å². The van der Waals surface area contributed by atoms with Crippen LogP contribution in [0.1, 0.15) is 17.0 Å². The van der Waals surface area contributed by atoms with E-state index in [4.69, 9.17) is 4.42 Å². The highest BCUT2D eigenvalue weighted by atomic mass is 16.6. The molecule has 0 aliphatic rings. The predicted octanol–water partition coefficient (Wildman–Crippen LogP) is 3.58. The van der Waals surface area contributed by atoms with Gasteiger partial charge in [-0.25, -0.2) is 9.78 Å². The third-order valence-electron chi connectivity index (χ3n) is 3.32. The molecular weight excluding hydrogens is 296 g/mol. The van der Waals surface area contributed by atoms with Crippen LogP contribution in [-0.2, 0) is 0 Å². The number of hydrogen-bond acceptors (Lipinski definition) is 5. The highest BCUT2D eigenvalue weighted by molar-refractivity contribution is 5.79. The monoisotopic (exact) mass is 308 g/mol. The lowest BCUT2D eigenvalue weighted by Gasteiger charge is -1.99. The van der Waals surface area contributed by atoms with Crippen molar-refractivity contribution in [2.24, 2.45) is 0 Å². The summed E-state index contributed by atoms with van der Waals surface area (Å²) in [5.74, 6) is 0.185. The van der Waals surface area contributed by atoms with Crippen LogP contribution in [0.5, 0.6) is 0 Å². The molecule has 0 radical (unpaired) electrons. The van der Waals surface area contributed by atoms with Crippen molar-refractivity contribution in [3.63, 3.8) is 0 Å². The SMILES string of the molecule is Cc1ccc2nc(C=Cc3ccc([N+](=O)[O-])cc3)oc(=O)c2c1. The average Bonchev–Trinajstić information content (AvgIpc) is 2.54. The number of nitrogens with zero attached hydrogens (tertiary/aromatic N) is 2. The molecule has 1 heterocycles. The van der Waals surface area contributed by atoms with Gasteiger partial charge in [-0.15, -0.1) is 0 Å². The summed E-state index contributed by atoms with van der Waals surface area (Å²) in [5.41, 5.74) is 1.84. The Hall–Kier alpha value is -3.28. The molecule has 0 atom stereocenters. The molecule has 0 unspecified atom stereocenters. The van der Waals surface area contributed by atoms with Crippen LogP contribution < -0.4 is 5.63 Å². The molecule has 2 aromatic carbocycles. The van der Waals surface area contributed by atoms with Crippen molar-refractivity contribution < 1.29 is 9.34 Å². The minimum absolute atomic E-state index is 0.0212. The van der Waals surface area contributed by atoms with Crippen molar-refractivity contribution >= 4 is 28.7 Å². The molecule has 23 heavy (non-hydrogen) atoms. The summed E-state index contributed by atoms with van der Waals surface area (Å²) in [7, 11) is 0. The van der Waals surface area contributed by atoms with Crippen LogP contribution in [0, 0.1) is 17.0 Å². The first kappa shape index (κ1) is 14.6. The Bertz CT molecular complexity index is 972. The van der Waals surface area contributed by atoms with E-state index >= 15 is 0 Å². The number of aromatic nitrogens is 1. The summed E-state index contributed by atoms with van der Waals surface area (Å²) in [4.78, 5) is 26.4. The second-order valence-electron chi connectivity index (χ2n) is 5.04. The molecule has 6 nitrogen and oxygen atoms in total. The number of non-ortho nitro benzene ring substituents is 1. The first-order valence-electron chi connectivity index (χ1n) is 6.87. The summed E-state index contributed by atoms with van der Waals surface area (Å²) in [6, 6.07) is 11.4. The van der Waals surface area contributed by atoms with E-state index in [9.17, 15) is 14.9 Å². The van der Waals surface area contributed by atoms with E-state index in [2.05, 4.69) is 4.98 Å². The Morgan fingerprint density at radius 1 is 1.13 bits per heavy atom. The fourth-order valence-electron chi connectivity index (χ4n) is 2.15. The minimum Gasteiger partial charge on any atom is -0.404 e. The second-order valence-corrected chi connectivity index (χ2v) is 5.04. The average molecular weight is 308 g/mol. The molecule has 0 amide bonds. The third kappa shape index (κ3) is 3.16. The standard InChI is InChI=1S/C17H12N2O4/c1-11-2-8-15-14(10-11)17(20)23-16(18-15)9-5-12-3-6-13(7-4-12)19(21)22/h2-10H,1H3. The van der Waals surface area contributed by atoms with Crippen LogP contribution in [0.3, 0.4) is 0 Å². The molecule has 0 bridgehead atoms. The van der Waals surface area contributed by atoms with E-state index in [0.717, 1.165) is 11.1 Å². The van der Waals surface area contributed by atoms with Gasteiger partial charge in [0.2, 0.25) is 5.89 Å². The molecule has 6 heteroatoms. The van der Waals surface area contributed by atoms with Crippen LogP contribution in [0.2, 0.25) is 0 Å². The zero-order valence-electron chi connectivity index (χ0n) is 12.2. The van der Waals surface area contributed by atoms with E-state index in [1.165, 1.54) is 12.1 Å². The van der Waals surface area contributed by atoms with Gasteiger partial charge in [-0.05, 0) is 42.8 Å². The Balaban J connectivity index is 1.93. The molecule has 114 valence electrons. The number of rotatable bonds is 3. The fraction of sp³-hybridized carbons (Fsp3) is 0.0588. The lowest BCUT2D eigenvalue weighted by Crippen LogP contribution is -2.03. The zero-order valence-corrected chi connectivity index (χ0v) is 12.2. The lowest BCUT2D eigenvalue weighted by molar-refractivity contribution is -0.384. The molecule has 3 aromatic rings. The summed E-state index contributed by atoms with van der Waals surface area (Å²) >= 11 is 0. The predicted molar refractivity (Wildman–Crippen MR) is 87.0 cm³/mol. The van der Waals surface area contributed by atoms with Crippen molar-refractivity contribution in [3.8, 4) is 0 Å². The fourth-order valence-corrected chi connectivity index (χ4v) is 2.15. The quantitative estimate of drug-likeness (QED) is 0.545. The van der Waals surface area contributed by atoms with Crippen molar-refractivity contribution in [2.75, 3.05) is 0 Å². The molecule has 0 saturated carbocycles. The van der Waals surface area contributed by atoms with Gasteiger partial charge in [-0.3, -0.25) is 10.1 Å². The number of nitro groups is 1. The normalized spacial score (nSPS) is 11.2. The van der Waals surface area contributed by atoms with E-state index < -0.39 is 10.5 Å². The van der Waals surface area contributed by atoms with Gasteiger partial charge in [-0.1, -0.05) is 11.6 Å². The highest BCUT2D eigenvalue weighted by Gasteiger charge is 2.05. The first-order valence-corrected chi connectivity index (χ1v) is 6.87. The third-order valence-corrected chi connectivity index (χ3v) is 3.32. The Morgan fingerprint density at radius 3 is 2.57 bits per heavy atom. The highest BCUT2D eigenvalue weighted by Crippen LogP contribution is 2.15. The maximum Gasteiger partial charge on any atom is 0.347 e. The van der Waals surface area contributed by atoms with Gasteiger partial charge in [0.25, 0.3) is 5.69 Å². The van der Waals surface area contributed by atoms with Gasteiger partial charge in [0.15, 0.2) is 0 Å². The van der Waals surface area contributed by atoms with Gasteiger partial charge in [-0.2, -0.15) is 0 Å². The van der Waals surface area contributed by atoms with Crippen molar-refractivity contribution in [1.82, 2.24) is 4.98 Å². The Morgan fingerprint density at radius 2 is 1.87 bits per heavy atom. The van der Waals surface area contributed by atoms with Crippen LogP contribution in [0.25, 0.3) is 23.1 Å². The van der Waals surface area contributed by atoms with Gasteiger partial charge in [0.1, 0.15) is 0 Å². The smallest absolute Gasteiger partial charge is 0.347 e. The molecule has 0 fully saturated rings. The molecule has 1 aromatic heterocycles. The van der Waals surface area contributed by atoms with Gasteiger partial charge in [0.05, 0.1) is 15.8 Å². The maximum atomic E-state index is 12.0. The molecule has 0 aliphatic heterocycles. The van der Waals surface area contributed by atoms with Gasteiger partial charge >= 0.3 is 5.63 Å². The maximum absolute atomic E-state index is 12.0. The Kier molecular flexibility index (Phi) is 3.72. The van der Waals surface area contributed by atoms with Crippen LogP contribution in [-0.4, -0.2) is 9.91 Å². The van der Waals surface area contributed by atoms with Crippen molar-refractivity contribution in [3.05, 3.63) is 80.0 Å². The summed E-state index contributed by atoms with van der Waals surface area (Å²) < 4.78 is 5.17. The number of nitro benzene ring substituents is 1. The molecule has 3 rings (SSSR count). The van der Waals surface area contributed by atoms with Gasteiger partial charge in [0, 0.05) is 18.2 Å². The molecule has 0 aliphatic carbocycles. The lowest BCUT2D eigenvalue weighted by atomic mass is 10.2.